The second-order valence-corrected chi connectivity index (χ2v) is 6.75. The molecule has 1 atom stereocenters. The van der Waals surface area contributed by atoms with E-state index >= 15 is 0 Å². The maximum Gasteiger partial charge on any atom is 0.227 e. The van der Waals surface area contributed by atoms with Crippen LogP contribution in [0.15, 0.2) is 52.9 Å². The molecule has 0 spiro atoms. The van der Waals surface area contributed by atoms with Gasteiger partial charge in [-0.2, -0.15) is 0 Å². The molecule has 0 aliphatic heterocycles. The second-order valence-electron chi connectivity index (χ2n) is 6.75. The Balaban J connectivity index is 2.08. The zero-order valence-electron chi connectivity index (χ0n) is 16.3. The maximum atomic E-state index is 10.8. The summed E-state index contributed by atoms with van der Waals surface area (Å²) < 4.78 is 16.5. The lowest BCUT2D eigenvalue weighted by Gasteiger charge is -2.18. The fourth-order valence-electron chi connectivity index (χ4n) is 2.96. The van der Waals surface area contributed by atoms with Gasteiger partial charge in [-0.1, -0.05) is 0 Å². The molecule has 0 bridgehead atoms. The minimum absolute atomic E-state index is 0.00642. The third-order valence-corrected chi connectivity index (χ3v) is 4.63. The zero-order chi connectivity index (χ0) is 20.1. The van der Waals surface area contributed by atoms with E-state index in [9.17, 15) is 5.11 Å². The van der Waals surface area contributed by atoms with Crippen molar-refractivity contribution < 1.29 is 24.1 Å². The molecule has 6 nitrogen and oxygen atoms in total. The van der Waals surface area contributed by atoms with Crippen LogP contribution in [0.4, 0.5) is 0 Å². The van der Waals surface area contributed by atoms with E-state index in [1.165, 1.54) is 0 Å². The van der Waals surface area contributed by atoms with Gasteiger partial charge in [-0.05, 0) is 68.3 Å². The molecule has 148 valence electrons. The number of aromatic nitrogens is 1. The van der Waals surface area contributed by atoms with E-state index in [1.54, 1.807) is 21.1 Å². The monoisotopic (exact) mass is 383 g/mol. The molecule has 1 unspecified atom stereocenters. The largest absolute Gasteiger partial charge is 0.497 e. The van der Waals surface area contributed by atoms with Gasteiger partial charge in [0.15, 0.2) is 5.76 Å². The predicted molar refractivity (Wildman–Crippen MR) is 106 cm³/mol. The molecule has 3 rings (SSSR count). The number of aliphatic hydroxyl groups is 2. The third kappa shape index (κ3) is 4.18. The quantitative estimate of drug-likeness (QED) is 0.611. The summed E-state index contributed by atoms with van der Waals surface area (Å²) >= 11 is 0. The van der Waals surface area contributed by atoms with Gasteiger partial charge in [0.1, 0.15) is 22.8 Å². The topological polar surface area (TPSA) is 85.0 Å². The van der Waals surface area contributed by atoms with Crippen molar-refractivity contribution in [2.24, 2.45) is 0 Å². The van der Waals surface area contributed by atoms with Crippen LogP contribution >= 0.6 is 0 Å². The van der Waals surface area contributed by atoms with Crippen molar-refractivity contribution in [1.82, 2.24) is 4.98 Å². The van der Waals surface area contributed by atoms with Crippen LogP contribution < -0.4 is 9.47 Å². The molecule has 1 heterocycles. The fraction of sp³-hybridized carbons (Fsp3) is 0.318. The Bertz CT molecular complexity index is 833. The molecular weight excluding hydrogens is 358 g/mol. The highest BCUT2D eigenvalue weighted by Crippen LogP contribution is 2.38. The van der Waals surface area contributed by atoms with Crippen LogP contribution in [-0.4, -0.2) is 36.0 Å². The summed E-state index contributed by atoms with van der Waals surface area (Å²) in [5, 5.41) is 19.9. The molecule has 0 saturated heterocycles. The van der Waals surface area contributed by atoms with E-state index in [1.807, 2.05) is 48.5 Å². The molecule has 0 aliphatic carbocycles. The van der Waals surface area contributed by atoms with Gasteiger partial charge in [-0.25, -0.2) is 4.98 Å². The molecule has 0 fully saturated rings. The highest BCUT2D eigenvalue weighted by Gasteiger charge is 2.31. The first-order valence-corrected chi connectivity index (χ1v) is 9.12. The standard InChI is InChI=1S/C22H25NO5/c1-22(25,13-4-14-24)21-23-19(15-5-9-17(26-2)10-6-15)20(28-21)16-7-11-18(27-3)12-8-16/h5-12,24-25H,4,13-14H2,1-3H3. The molecule has 0 amide bonds. The predicted octanol–water partition coefficient (Wildman–Crippen LogP) is 4.01. The summed E-state index contributed by atoms with van der Waals surface area (Å²) in [6.45, 7) is 1.64. The summed E-state index contributed by atoms with van der Waals surface area (Å²) in [4.78, 5) is 4.61. The van der Waals surface area contributed by atoms with Gasteiger partial charge >= 0.3 is 0 Å². The summed E-state index contributed by atoms with van der Waals surface area (Å²) in [6, 6.07) is 15.0. The molecule has 0 radical (unpaired) electrons. The molecule has 3 aromatic rings. The summed E-state index contributed by atoms with van der Waals surface area (Å²) in [7, 11) is 3.23. The normalized spacial score (nSPS) is 13.2. The molecule has 2 N–H and O–H groups in total. The minimum Gasteiger partial charge on any atom is -0.497 e. The lowest BCUT2D eigenvalue weighted by molar-refractivity contribution is 0.0144. The smallest absolute Gasteiger partial charge is 0.227 e. The van der Waals surface area contributed by atoms with Gasteiger partial charge in [0.25, 0.3) is 0 Å². The number of oxazole rings is 1. The van der Waals surface area contributed by atoms with Crippen LogP contribution in [0, 0.1) is 0 Å². The Labute approximate surface area is 164 Å². The lowest BCUT2D eigenvalue weighted by Crippen LogP contribution is -2.22. The van der Waals surface area contributed by atoms with Crippen LogP contribution in [0.5, 0.6) is 11.5 Å². The summed E-state index contributed by atoms with van der Waals surface area (Å²) in [5.74, 6) is 2.27. The lowest BCUT2D eigenvalue weighted by atomic mass is 10.0. The number of nitrogens with zero attached hydrogens (tertiary/aromatic N) is 1. The molecule has 6 heteroatoms. The van der Waals surface area contributed by atoms with Crippen LogP contribution in [0.3, 0.4) is 0 Å². The number of methoxy groups -OCH3 is 2. The van der Waals surface area contributed by atoms with Gasteiger partial charge in [-0.15, -0.1) is 0 Å². The van der Waals surface area contributed by atoms with Gasteiger partial charge < -0.3 is 24.1 Å². The third-order valence-electron chi connectivity index (χ3n) is 4.63. The van der Waals surface area contributed by atoms with E-state index in [-0.39, 0.29) is 12.5 Å². The van der Waals surface area contributed by atoms with Gasteiger partial charge in [-0.3, -0.25) is 0 Å². The second kappa shape index (κ2) is 8.46. The van der Waals surface area contributed by atoms with Crippen molar-refractivity contribution in [3.05, 3.63) is 54.4 Å². The van der Waals surface area contributed by atoms with E-state index in [0.29, 0.717) is 24.3 Å². The Hall–Kier alpha value is -2.83. The first-order chi connectivity index (χ1) is 13.5. The van der Waals surface area contributed by atoms with Gasteiger partial charge in [0.2, 0.25) is 5.89 Å². The Morgan fingerprint density at radius 2 is 1.46 bits per heavy atom. The summed E-state index contributed by atoms with van der Waals surface area (Å²) in [5.41, 5.74) is 1.02. The Morgan fingerprint density at radius 1 is 0.929 bits per heavy atom. The van der Waals surface area contributed by atoms with Crippen molar-refractivity contribution >= 4 is 0 Å². The highest BCUT2D eigenvalue weighted by atomic mass is 16.5. The fourth-order valence-corrected chi connectivity index (χ4v) is 2.96. The van der Waals surface area contributed by atoms with Crippen LogP contribution in [0.1, 0.15) is 25.7 Å². The number of benzene rings is 2. The number of ether oxygens (including phenoxy) is 2. The molecule has 1 aromatic heterocycles. The molecule has 0 aliphatic rings. The van der Waals surface area contributed by atoms with Crippen LogP contribution in [0.25, 0.3) is 22.6 Å². The van der Waals surface area contributed by atoms with Crippen molar-refractivity contribution in [2.45, 2.75) is 25.4 Å². The van der Waals surface area contributed by atoms with E-state index < -0.39 is 5.60 Å². The zero-order valence-corrected chi connectivity index (χ0v) is 16.3. The van der Waals surface area contributed by atoms with E-state index in [2.05, 4.69) is 4.98 Å². The van der Waals surface area contributed by atoms with E-state index in [0.717, 1.165) is 22.6 Å². The summed E-state index contributed by atoms with van der Waals surface area (Å²) in [6.07, 6.45) is 0.791. The minimum atomic E-state index is -1.28. The average Bonchev–Trinajstić information content (AvgIpc) is 3.19. The van der Waals surface area contributed by atoms with Crippen LogP contribution in [-0.2, 0) is 5.60 Å². The van der Waals surface area contributed by atoms with Crippen molar-refractivity contribution in [3.8, 4) is 34.1 Å². The van der Waals surface area contributed by atoms with Crippen molar-refractivity contribution in [3.63, 3.8) is 0 Å². The van der Waals surface area contributed by atoms with E-state index in [4.69, 9.17) is 19.0 Å². The first-order valence-electron chi connectivity index (χ1n) is 9.12. The van der Waals surface area contributed by atoms with Gasteiger partial charge in [0, 0.05) is 17.7 Å². The van der Waals surface area contributed by atoms with Crippen molar-refractivity contribution in [1.29, 1.82) is 0 Å². The Morgan fingerprint density at radius 3 is 1.96 bits per heavy atom. The number of aliphatic hydroxyl groups excluding tert-OH is 1. The number of hydrogen-bond acceptors (Lipinski definition) is 6. The van der Waals surface area contributed by atoms with Crippen molar-refractivity contribution in [2.75, 3.05) is 20.8 Å². The number of hydrogen-bond donors (Lipinski definition) is 2. The first kappa shape index (κ1) is 19.9. The maximum absolute atomic E-state index is 10.8. The highest BCUT2D eigenvalue weighted by molar-refractivity contribution is 5.77. The number of rotatable bonds is 8. The average molecular weight is 383 g/mol. The Kier molecular flexibility index (Phi) is 6.02. The SMILES string of the molecule is COc1ccc(-c2nc(C(C)(O)CCCO)oc2-c2ccc(OC)cc2)cc1. The molecule has 0 saturated carbocycles. The van der Waals surface area contributed by atoms with Gasteiger partial charge in [0.05, 0.1) is 14.2 Å². The molecular formula is C22H25NO5. The molecule has 28 heavy (non-hydrogen) atoms. The van der Waals surface area contributed by atoms with Crippen LogP contribution in [0.2, 0.25) is 0 Å². The molecule has 2 aromatic carbocycles.